The molecule has 0 amide bonds. The largest absolute Gasteiger partial charge is 1.00 e. The summed E-state index contributed by atoms with van der Waals surface area (Å²) in [5.74, 6) is -1.31. The molecule has 1 N–H and O–H groups in total. The third-order valence-electron chi connectivity index (χ3n) is 2.39. The SMILES string of the molecule is CC(=O)C=C(C)NC(Cc1ccccc1)C(=O)[O-].[Na+]. The minimum atomic E-state index is -1.19. The second kappa shape index (κ2) is 8.91. The van der Waals surface area contributed by atoms with E-state index in [9.17, 15) is 14.7 Å². The number of aliphatic carboxylic acids is 1. The Bertz CT molecular complexity index is 457. The van der Waals surface area contributed by atoms with Gasteiger partial charge in [0, 0.05) is 5.70 Å². The number of carbonyl (C=O) groups excluding carboxylic acids is 2. The zero-order valence-electron chi connectivity index (χ0n) is 11.5. The van der Waals surface area contributed by atoms with Crippen LogP contribution in [0.25, 0.3) is 0 Å². The third-order valence-corrected chi connectivity index (χ3v) is 2.39. The Labute approximate surface area is 135 Å². The van der Waals surface area contributed by atoms with Gasteiger partial charge in [0.15, 0.2) is 5.78 Å². The van der Waals surface area contributed by atoms with Gasteiger partial charge in [-0.2, -0.15) is 0 Å². The van der Waals surface area contributed by atoms with Gasteiger partial charge in [-0.3, -0.25) is 4.79 Å². The van der Waals surface area contributed by atoms with Gasteiger partial charge in [-0.05, 0) is 31.9 Å². The molecule has 0 bridgehead atoms. The molecule has 0 radical (unpaired) electrons. The van der Waals surface area contributed by atoms with Gasteiger partial charge >= 0.3 is 29.6 Å². The van der Waals surface area contributed by atoms with E-state index in [0.717, 1.165) is 5.56 Å². The van der Waals surface area contributed by atoms with Crippen molar-refractivity contribution < 1.29 is 44.3 Å². The molecular weight excluding hydrogens is 253 g/mol. The molecular formula is C14H16NNaO3. The molecule has 5 heteroatoms. The summed E-state index contributed by atoms with van der Waals surface area (Å²) in [5.41, 5.74) is 1.42. The molecule has 1 aromatic rings. The number of rotatable bonds is 6. The molecule has 0 saturated heterocycles. The van der Waals surface area contributed by atoms with Crippen molar-refractivity contribution in [3.8, 4) is 0 Å². The van der Waals surface area contributed by atoms with Crippen molar-refractivity contribution in [2.45, 2.75) is 26.3 Å². The Morgan fingerprint density at radius 1 is 1.26 bits per heavy atom. The third kappa shape index (κ3) is 7.15. The number of allylic oxidation sites excluding steroid dienone is 2. The first-order valence-electron chi connectivity index (χ1n) is 5.69. The number of hydrogen-bond donors (Lipinski definition) is 1. The van der Waals surface area contributed by atoms with Crippen molar-refractivity contribution in [1.82, 2.24) is 5.32 Å². The number of nitrogens with one attached hydrogen (secondary N) is 1. The Morgan fingerprint density at radius 2 is 1.84 bits per heavy atom. The smallest absolute Gasteiger partial charge is 0.548 e. The quantitative estimate of drug-likeness (QED) is 0.455. The zero-order valence-corrected chi connectivity index (χ0v) is 13.5. The minimum Gasteiger partial charge on any atom is -0.548 e. The molecule has 1 atom stereocenters. The standard InChI is InChI=1S/C14H17NO3.Na/c1-10(8-11(2)16)15-13(14(17)18)9-12-6-4-3-5-7-12;/h3-8,13,15H,9H2,1-2H3,(H,17,18);/q;+1/p-1. The van der Waals surface area contributed by atoms with Crippen LogP contribution in [0.3, 0.4) is 0 Å². The average Bonchev–Trinajstić information content (AvgIpc) is 2.28. The van der Waals surface area contributed by atoms with Crippen LogP contribution in [-0.2, 0) is 16.0 Å². The van der Waals surface area contributed by atoms with E-state index < -0.39 is 12.0 Å². The number of carboxylic acid groups (broad SMARTS) is 1. The molecule has 0 aliphatic carbocycles. The summed E-state index contributed by atoms with van der Waals surface area (Å²) in [4.78, 5) is 21.9. The van der Waals surface area contributed by atoms with Crippen LogP contribution in [0.4, 0.5) is 0 Å². The molecule has 0 aromatic heterocycles. The van der Waals surface area contributed by atoms with Gasteiger partial charge in [-0.25, -0.2) is 0 Å². The van der Waals surface area contributed by atoms with Crippen LogP contribution in [0.15, 0.2) is 42.1 Å². The maximum Gasteiger partial charge on any atom is 1.00 e. The van der Waals surface area contributed by atoms with Gasteiger partial charge in [-0.1, -0.05) is 30.3 Å². The van der Waals surface area contributed by atoms with Crippen molar-refractivity contribution >= 4 is 11.8 Å². The van der Waals surface area contributed by atoms with Gasteiger partial charge in [0.05, 0.1) is 12.0 Å². The fourth-order valence-corrected chi connectivity index (χ4v) is 1.66. The van der Waals surface area contributed by atoms with Crippen LogP contribution in [0.5, 0.6) is 0 Å². The monoisotopic (exact) mass is 269 g/mol. The molecule has 96 valence electrons. The van der Waals surface area contributed by atoms with Crippen molar-refractivity contribution in [1.29, 1.82) is 0 Å². The normalized spacial score (nSPS) is 12.2. The number of benzene rings is 1. The molecule has 1 aromatic carbocycles. The van der Waals surface area contributed by atoms with Crippen molar-refractivity contribution in [2.75, 3.05) is 0 Å². The molecule has 0 aliphatic heterocycles. The van der Waals surface area contributed by atoms with E-state index in [2.05, 4.69) is 5.32 Å². The summed E-state index contributed by atoms with van der Waals surface area (Å²) < 4.78 is 0. The fourth-order valence-electron chi connectivity index (χ4n) is 1.66. The van der Waals surface area contributed by atoms with E-state index in [1.165, 1.54) is 13.0 Å². The maximum absolute atomic E-state index is 11.0. The van der Waals surface area contributed by atoms with Crippen LogP contribution in [0.2, 0.25) is 0 Å². The Kier molecular flexibility index (Phi) is 8.39. The molecule has 19 heavy (non-hydrogen) atoms. The Balaban J connectivity index is 0.00000324. The van der Waals surface area contributed by atoms with Gasteiger partial charge in [-0.15, -0.1) is 0 Å². The van der Waals surface area contributed by atoms with E-state index in [0.29, 0.717) is 12.1 Å². The summed E-state index contributed by atoms with van der Waals surface area (Å²) in [6, 6.07) is 8.41. The van der Waals surface area contributed by atoms with Crippen molar-refractivity contribution in [3.05, 3.63) is 47.7 Å². The number of ketones is 1. The molecule has 0 spiro atoms. The summed E-state index contributed by atoms with van der Waals surface area (Å²) in [7, 11) is 0. The first kappa shape index (κ1) is 17.9. The van der Waals surface area contributed by atoms with Gasteiger partial charge in [0.25, 0.3) is 0 Å². The van der Waals surface area contributed by atoms with Crippen LogP contribution in [-0.4, -0.2) is 17.8 Å². The second-order valence-electron chi connectivity index (χ2n) is 4.14. The molecule has 1 rings (SSSR count). The van der Waals surface area contributed by atoms with E-state index >= 15 is 0 Å². The molecule has 4 nitrogen and oxygen atoms in total. The molecule has 0 saturated carbocycles. The summed E-state index contributed by atoms with van der Waals surface area (Å²) in [6.07, 6.45) is 1.67. The van der Waals surface area contributed by atoms with Crippen molar-refractivity contribution in [3.63, 3.8) is 0 Å². The summed E-state index contributed by atoms with van der Waals surface area (Å²) >= 11 is 0. The van der Waals surface area contributed by atoms with Gasteiger partial charge < -0.3 is 15.2 Å². The first-order chi connectivity index (χ1) is 8.49. The maximum atomic E-state index is 11.0. The minimum absolute atomic E-state index is 0. The zero-order chi connectivity index (χ0) is 13.5. The van der Waals surface area contributed by atoms with E-state index in [4.69, 9.17) is 0 Å². The Hall–Kier alpha value is -1.10. The first-order valence-corrected chi connectivity index (χ1v) is 5.69. The van der Waals surface area contributed by atoms with E-state index in [1.54, 1.807) is 6.92 Å². The van der Waals surface area contributed by atoms with Crippen LogP contribution in [0.1, 0.15) is 19.4 Å². The van der Waals surface area contributed by atoms with Crippen LogP contribution in [0, 0.1) is 0 Å². The van der Waals surface area contributed by atoms with Crippen LogP contribution < -0.4 is 40.0 Å². The van der Waals surface area contributed by atoms with E-state index in [1.807, 2.05) is 30.3 Å². The number of hydrogen-bond acceptors (Lipinski definition) is 4. The van der Waals surface area contributed by atoms with Gasteiger partial charge in [0.2, 0.25) is 0 Å². The average molecular weight is 269 g/mol. The summed E-state index contributed by atoms with van der Waals surface area (Å²) in [5, 5.41) is 13.8. The molecule has 0 aliphatic rings. The molecule has 0 fully saturated rings. The second-order valence-corrected chi connectivity index (χ2v) is 4.14. The number of carbonyl (C=O) groups is 2. The van der Waals surface area contributed by atoms with E-state index in [-0.39, 0.29) is 35.3 Å². The molecule has 0 heterocycles. The predicted molar refractivity (Wildman–Crippen MR) is 66.5 cm³/mol. The predicted octanol–water partition coefficient (Wildman–Crippen LogP) is -2.57. The summed E-state index contributed by atoms with van der Waals surface area (Å²) in [6.45, 7) is 3.07. The topological polar surface area (TPSA) is 69.2 Å². The fraction of sp³-hybridized carbons (Fsp3) is 0.286. The van der Waals surface area contributed by atoms with Crippen molar-refractivity contribution in [2.24, 2.45) is 0 Å². The molecule has 1 unspecified atom stereocenters. The Morgan fingerprint density at radius 3 is 2.32 bits per heavy atom. The number of carboxylic acids is 1. The van der Waals surface area contributed by atoms with Gasteiger partial charge in [0.1, 0.15) is 0 Å². The van der Waals surface area contributed by atoms with Crippen LogP contribution >= 0.6 is 0 Å².